The summed E-state index contributed by atoms with van der Waals surface area (Å²) < 4.78 is 12.9. The van der Waals surface area contributed by atoms with Gasteiger partial charge in [0, 0.05) is 6.42 Å². The van der Waals surface area contributed by atoms with E-state index in [4.69, 9.17) is 0 Å². The molecule has 0 heterocycles. The van der Waals surface area contributed by atoms with Crippen molar-refractivity contribution >= 4 is 5.91 Å². The van der Waals surface area contributed by atoms with E-state index in [1.54, 1.807) is 12.1 Å². The van der Waals surface area contributed by atoms with Crippen LogP contribution in [0.1, 0.15) is 52.1 Å². The maximum atomic E-state index is 12.9. The molecule has 1 atom stereocenters. The number of nitrogens with one attached hydrogen (secondary N) is 1. The molecule has 1 rings (SSSR count). The van der Waals surface area contributed by atoms with Crippen LogP contribution < -0.4 is 5.32 Å². The third-order valence-electron chi connectivity index (χ3n) is 2.75. The quantitative estimate of drug-likeness (QED) is 0.865. The standard InChI is InChI=1S/C15H22FNO/c1-5-14(18)17-13(10-15(2,3)4)11-6-8-12(16)9-7-11/h6-9,13H,5,10H2,1-4H3,(H,17,18)/t13-/m0/s1. The van der Waals surface area contributed by atoms with E-state index in [1.807, 2.05) is 6.92 Å². The first-order valence-corrected chi connectivity index (χ1v) is 6.36. The highest BCUT2D eigenvalue weighted by Crippen LogP contribution is 2.29. The number of halogens is 1. The van der Waals surface area contributed by atoms with Crippen molar-refractivity contribution in [3.63, 3.8) is 0 Å². The van der Waals surface area contributed by atoms with E-state index in [-0.39, 0.29) is 23.2 Å². The highest BCUT2D eigenvalue weighted by molar-refractivity contribution is 5.76. The molecule has 1 aromatic carbocycles. The monoisotopic (exact) mass is 251 g/mol. The van der Waals surface area contributed by atoms with Crippen molar-refractivity contribution in [2.75, 3.05) is 0 Å². The van der Waals surface area contributed by atoms with Crippen LogP contribution >= 0.6 is 0 Å². The van der Waals surface area contributed by atoms with Gasteiger partial charge in [0.15, 0.2) is 0 Å². The number of carbonyl (C=O) groups is 1. The molecule has 0 bridgehead atoms. The highest BCUT2D eigenvalue weighted by Gasteiger charge is 2.21. The van der Waals surface area contributed by atoms with Crippen LogP contribution in [0.15, 0.2) is 24.3 Å². The van der Waals surface area contributed by atoms with Crippen molar-refractivity contribution in [2.45, 2.75) is 46.6 Å². The van der Waals surface area contributed by atoms with E-state index < -0.39 is 0 Å². The van der Waals surface area contributed by atoms with Gasteiger partial charge in [-0.15, -0.1) is 0 Å². The SMILES string of the molecule is CCC(=O)N[C@@H](CC(C)(C)C)c1ccc(F)cc1. The number of benzene rings is 1. The first kappa shape index (κ1) is 14.7. The molecule has 1 aromatic rings. The summed E-state index contributed by atoms with van der Waals surface area (Å²) >= 11 is 0. The summed E-state index contributed by atoms with van der Waals surface area (Å²) in [5.74, 6) is -0.233. The molecule has 18 heavy (non-hydrogen) atoms. The minimum absolute atomic E-state index is 0.0218. The van der Waals surface area contributed by atoms with Crippen molar-refractivity contribution in [2.24, 2.45) is 5.41 Å². The van der Waals surface area contributed by atoms with Gasteiger partial charge in [0.2, 0.25) is 5.91 Å². The average molecular weight is 251 g/mol. The van der Waals surface area contributed by atoms with Gasteiger partial charge in [-0.25, -0.2) is 4.39 Å². The number of amides is 1. The van der Waals surface area contributed by atoms with E-state index >= 15 is 0 Å². The lowest BCUT2D eigenvalue weighted by atomic mass is 9.85. The summed E-state index contributed by atoms with van der Waals surface area (Å²) in [7, 11) is 0. The first-order chi connectivity index (χ1) is 8.31. The van der Waals surface area contributed by atoms with Gasteiger partial charge in [0.1, 0.15) is 5.82 Å². The summed E-state index contributed by atoms with van der Waals surface area (Å²) in [6, 6.07) is 6.29. The van der Waals surface area contributed by atoms with Gasteiger partial charge < -0.3 is 5.32 Å². The van der Waals surface area contributed by atoms with E-state index in [1.165, 1.54) is 12.1 Å². The molecule has 0 radical (unpaired) electrons. The lowest BCUT2D eigenvalue weighted by molar-refractivity contribution is -0.121. The second-order valence-corrected chi connectivity index (χ2v) is 5.79. The first-order valence-electron chi connectivity index (χ1n) is 6.36. The Balaban J connectivity index is 2.89. The molecule has 0 fully saturated rings. The molecule has 0 unspecified atom stereocenters. The Morgan fingerprint density at radius 2 is 1.83 bits per heavy atom. The molecular formula is C15H22FNO. The van der Waals surface area contributed by atoms with Crippen molar-refractivity contribution < 1.29 is 9.18 Å². The third kappa shape index (κ3) is 4.86. The summed E-state index contributed by atoms with van der Waals surface area (Å²) in [6.45, 7) is 8.21. The Bertz CT molecular complexity index is 392. The molecule has 2 nitrogen and oxygen atoms in total. The van der Waals surface area contributed by atoms with Crippen LogP contribution in [-0.4, -0.2) is 5.91 Å². The van der Waals surface area contributed by atoms with Gasteiger partial charge in [-0.3, -0.25) is 4.79 Å². The summed E-state index contributed by atoms with van der Waals surface area (Å²) in [4.78, 5) is 11.6. The van der Waals surface area contributed by atoms with Crippen molar-refractivity contribution in [1.82, 2.24) is 5.32 Å². The molecule has 0 aliphatic rings. The maximum absolute atomic E-state index is 12.9. The predicted molar refractivity (Wildman–Crippen MR) is 71.6 cm³/mol. The van der Waals surface area contributed by atoms with Crippen LogP contribution in [0.4, 0.5) is 4.39 Å². The molecule has 0 aliphatic heterocycles. The Kier molecular flexibility index (Phi) is 4.88. The zero-order valence-electron chi connectivity index (χ0n) is 11.6. The number of rotatable bonds is 4. The van der Waals surface area contributed by atoms with Crippen LogP contribution in [0.2, 0.25) is 0 Å². The van der Waals surface area contributed by atoms with Crippen molar-refractivity contribution in [3.8, 4) is 0 Å². The fraction of sp³-hybridized carbons (Fsp3) is 0.533. The fourth-order valence-corrected chi connectivity index (χ4v) is 1.86. The number of carbonyl (C=O) groups excluding carboxylic acids is 1. The molecule has 3 heteroatoms. The zero-order chi connectivity index (χ0) is 13.8. The van der Waals surface area contributed by atoms with Crippen LogP contribution in [-0.2, 0) is 4.79 Å². The molecular weight excluding hydrogens is 229 g/mol. The topological polar surface area (TPSA) is 29.1 Å². The van der Waals surface area contributed by atoms with Gasteiger partial charge >= 0.3 is 0 Å². The summed E-state index contributed by atoms with van der Waals surface area (Å²) in [5, 5.41) is 3.00. The molecule has 0 aromatic heterocycles. The van der Waals surface area contributed by atoms with Gasteiger partial charge in [0.25, 0.3) is 0 Å². The Morgan fingerprint density at radius 3 is 2.28 bits per heavy atom. The minimum atomic E-state index is -0.255. The number of hydrogen-bond acceptors (Lipinski definition) is 1. The Labute approximate surface area is 109 Å². The molecule has 0 saturated heterocycles. The Morgan fingerprint density at radius 1 is 1.28 bits per heavy atom. The normalized spacial score (nSPS) is 13.2. The number of hydrogen-bond donors (Lipinski definition) is 1. The average Bonchev–Trinajstić information content (AvgIpc) is 2.27. The smallest absolute Gasteiger partial charge is 0.220 e. The molecule has 0 saturated carbocycles. The maximum Gasteiger partial charge on any atom is 0.220 e. The van der Waals surface area contributed by atoms with E-state index in [9.17, 15) is 9.18 Å². The lowest BCUT2D eigenvalue weighted by Gasteiger charge is -2.27. The van der Waals surface area contributed by atoms with E-state index in [0.29, 0.717) is 6.42 Å². The Hall–Kier alpha value is -1.38. The van der Waals surface area contributed by atoms with Crippen LogP contribution in [0.3, 0.4) is 0 Å². The van der Waals surface area contributed by atoms with Gasteiger partial charge in [-0.05, 0) is 29.5 Å². The summed E-state index contributed by atoms with van der Waals surface area (Å²) in [6.07, 6.45) is 1.28. The molecule has 100 valence electrons. The fourth-order valence-electron chi connectivity index (χ4n) is 1.86. The largest absolute Gasteiger partial charge is 0.349 e. The van der Waals surface area contributed by atoms with Crippen LogP contribution in [0.25, 0.3) is 0 Å². The molecule has 1 N–H and O–H groups in total. The lowest BCUT2D eigenvalue weighted by Crippen LogP contribution is -2.30. The predicted octanol–water partition coefficient (Wildman–Crippen LogP) is 3.83. The van der Waals surface area contributed by atoms with Crippen LogP contribution in [0.5, 0.6) is 0 Å². The third-order valence-corrected chi connectivity index (χ3v) is 2.75. The minimum Gasteiger partial charge on any atom is -0.349 e. The van der Waals surface area contributed by atoms with Crippen molar-refractivity contribution in [3.05, 3.63) is 35.6 Å². The van der Waals surface area contributed by atoms with Gasteiger partial charge in [0.05, 0.1) is 6.04 Å². The zero-order valence-corrected chi connectivity index (χ0v) is 11.6. The molecule has 1 amide bonds. The molecule has 0 spiro atoms. The van der Waals surface area contributed by atoms with E-state index in [0.717, 1.165) is 12.0 Å². The summed E-state index contributed by atoms with van der Waals surface area (Å²) in [5.41, 5.74) is 1.05. The highest BCUT2D eigenvalue weighted by atomic mass is 19.1. The molecule has 0 aliphatic carbocycles. The second-order valence-electron chi connectivity index (χ2n) is 5.79. The second kappa shape index (κ2) is 5.98. The van der Waals surface area contributed by atoms with Crippen molar-refractivity contribution in [1.29, 1.82) is 0 Å². The van der Waals surface area contributed by atoms with Gasteiger partial charge in [-0.1, -0.05) is 39.8 Å². The van der Waals surface area contributed by atoms with E-state index in [2.05, 4.69) is 26.1 Å². The van der Waals surface area contributed by atoms with Crippen LogP contribution in [0, 0.1) is 11.2 Å². The van der Waals surface area contributed by atoms with Gasteiger partial charge in [-0.2, -0.15) is 0 Å².